The molecule has 2 aliphatic heterocycles. The summed E-state index contributed by atoms with van der Waals surface area (Å²) in [6, 6.07) is 0.398. The lowest BCUT2D eigenvalue weighted by Gasteiger charge is -2.36. The number of fused-ring (bicyclic) bond motifs is 1. The molecule has 0 saturated carbocycles. The molecular weight excluding hydrogens is 246 g/mol. The number of hydrogen-bond acceptors (Lipinski definition) is 4. The molecule has 2 saturated heterocycles. The Morgan fingerprint density at radius 2 is 2.12 bits per heavy atom. The standard InChI is InChI=1S/C9H17N3O2S2/c10-9(15)7-16(13,14)12-5-4-11-3-1-2-8(11)6-12/h8H,1-7H2,(H2,10,15). The van der Waals surface area contributed by atoms with Gasteiger partial charge in [0.05, 0.1) is 4.99 Å². The molecule has 1 unspecified atom stereocenters. The summed E-state index contributed by atoms with van der Waals surface area (Å²) in [6.45, 7) is 3.11. The third-order valence-corrected chi connectivity index (χ3v) is 5.39. The Hall–Kier alpha value is -0.240. The number of nitrogens with two attached hydrogens (primary N) is 1. The van der Waals surface area contributed by atoms with Crippen LogP contribution in [-0.2, 0) is 10.0 Å². The van der Waals surface area contributed by atoms with E-state index in [1.165, 1.54) is 6.42 Å². The fraction of sp³-hybridized carbons (Fsp3) is 0.889. The van der Waals surface area contributed by atoms with E-state index in [-0.39, 0.29) is 10.7 Å². The molecule has 2 heterocycles. The SMILES string of the molecule is NC(=S)CS(=O)(=O)N1CCN2CCCC2C1. The molecule has 0 spiro atoms. The first-order valence-corrected chi connectivity index (χ1v) is 7.51. The summed E-state index contributed by atoms with van der Waals surface area (Å²) in [7, 11) is -3.28. The maximum absolute atomic E-state index is 11.9. The fourth-order valence-electron chi connectivity index (χ4n) is 2.49. The van der Waals surface area contributed by atoms with Gasteiger partial charge in [0.2, 0.25) is 10.0 Å². The Morgan fingerprint density at radius 1 is 1.38 bits per heavy atom. The van der Waals surface area contributed by atoms with Gasteiger partial charge < -0.3 is 5.73 Å². The molecule has 0 amide bonds. The van der Waals surface area contributed by atoms with E-state index in [0.717, 1.165) is 19.5 Å². The average Bonchev–Trinajstić information content (AvgIpc) is 2.61. The van der Waals surface area contributed by atoms with Gasteiger partial charge in [0.1, 0.15) is 5.75 Å². The van der Waals surface area contributed by atoms with E-state index in [0.29, 0.717) is 19.1 Å². The second kappa shape index (κ2) is 4.56. The third-order valence-electron chi connectivity index (χ3n) is 3.27. The van der Waals surface area contributed by atoms with Crippen LogP contribution in [0, 0.1) is 0 Å². The van der Waals surface area contributed by atoms with Gasteiger partial charge in [-0.2, -0.15) is 4.31 Å². The molecular formula is C9H17N3O2S2. The molecule has 0 bridgehead atoms. The van der Waals surface area contributed by atoms with E-state index in [4.69, 9.17) is 5.73 Å². The van der Waals surface area contributed by atoms with E-state index in [1.807, 2.05) is 0 Å². The molecule has 5 nitrogen and oxygen atoms in total. The summed E-state index contributed by atoms with van der Waals surface area (Å²) in [5, 5.41) is 0. The quantitative estimate of drug-likeness (QED) is 0.688. The van der Waals surface area contributed by atoms with Crippen LogP contribution < -0.4 is 5.73 Å². The van der Waals surface area contributed by atoms with Crippen LogP contribution in [-0.4, -0.2) is 60.6 Å². The van der Waals surface area contributed by atoms with Crippen molar-refractivity contribution in [1.82, 2.24) is 9.21 Å². The number of piperazine rings is 1. The first kappa shape index (κ1) is 12.2. The zero-order valence-corrected chi connectivity index (χ0v) is 10.8. The highest BCUT2D eigenvalue weighted by Gasteiger charge is 2.35. The van der Waals surface area contributed by atoms with E-state index < -0.39 is 10.0 Å². The normalized spacial score (nSPS) is 27.9. The minimum Gasteiger partial charge on any atom is -0.392 e. The number of rotatable bonds is 3. The second-order valence-electron chi connectivity index (χ2n) is 4.41. The lowest BCUT2D eigenvalue weighted by Crippen LogP contribution is -2.53. The Bertz CT molecular complexity index is 382. The molecule has 2 rings (SSSR count). The van der Waals surface area contributed by atoms with Crippen LogP contribution in [0.4, 0.5) is 0 Å². The van der Waals surface area contributed by atoms with Crippen LogP contribution in [0.3, 0.4) is 0 Å². The topological polar surface area (TPSA) is 66.6 Å². The van der Waals surface area contributed by atoms with Gasteiger partial charge in [-0.05, 0) is 19.4 Å². The van der Waals surface area contributed by atoms with Crippen LogP contribution in [0.15, 0.2) is 0 Å². The van der Waals surface area contributed by atoms with Crippen molar-refractivity contribution in [3.8, 4) is 0 Å². The van der Waals surface area contributed by atoms with Crippen molar-refractivity contribution < 1.29 is 8.42 Å². The second-order valence-corrected chi connectivity index (χ2v) is 6.91. The van der Waals surface area contributed by atoms with Crippen LogP contribution >= 0.6 is 12.2 Å². The molecule has 1 atom stereocenters. The maximum Gasteiger partial charge on any atom is 0.220 e. The molecule has 92 valence electrons. The van der Waals surface area contributed by atoms with Crippen molar-refractivity contribution in [3.63, 3.8) is 0 Å². The van der Waals surface area contributed by atoms with Crippen molar-refractivity contribution in [2.75, 3.05) is 31.9 Å². The first-order valence-electron chi connectivity index (χ1n) is 5.49. The zero-order chi connectivity index (χ0) is 11.8. The minimum atomic E-state index is -3.28. The van der Waals surface area contributed by atoms with Crippen molar-refractivity contribution in [2.24, 2.45) is 5.73 Å². The molecule has 0 aromatic heterocycles. The summed E-state index contributed by atoms with van der Waals surface area (Å²) in [5.74, 6) is -0.199. The predicted molar refractivity (Wildman–Crippen MR) is 66.7 cm³/mol. The van der Waals surface area contributed by atoms with E-state index in [1.54, 1.807) is 4.31 Å². The largest absolute Gasteiger partial charge is 0.392 e. The maximum atomic E-state index is 11.9. The molecule has 0 aliphatic carbocycles. The summed E-state index contributed by atoms with van der Waals surface area (Å²) in [5.41, 5.74) is 5.31. The lowest BCUT2D eigenvalue weighted by molar-refractivity contribution is 0.158. The molecule has 2 aliphatic rings. The third kappa shape index (κ3) is 2.53. The molecule has 0 aromatic rings. The van der Waals surface area contributed by atoms with E-state index >= 15 is 0 Å². The highest BCUT2D eigenvalue weighted by atomic mass is 32.2. The van der Waals surface area contributed by atoms with Gasteiger partial charge in [-0.1, -0.05) is 12.2 Å². The number of hydrogen-bond donors (Lipinski definition) is 1. The molecule has 0 radical (unpaired) electrons. The molecule has 16 heavy (non-hydrogen) atoms. The van der Waals surface area contributed by atoms with Crippen molar-refractivity contribution in [3.05, 3.63) is 0 Å². The molecule has 2 N–H and O–H groups in total. The van der Waals surface area contributed by atoms with Crippen molar-refractivity contribution >= 4 is 27.2 Å². The summed E-state index contributed by atoms with van der Waals surface area (Å²) < 4.78 is 25.4. The van der Waals surface area contributed by atoms with E-state index in [9.17, 15) is 8.42 Å². The van der Waals surface area contributed by atoms with Crippen LogP contribution in [0.1, 0.15) is 12.8 Å². The van der Waals surface area contributed by atoms with Gasteiger partial charge in [-0.3, -0.25) is 4.90 Å². The predicted octanol–water partition coefficient (Wildman–Crippen LogP) is -0.618. The van der Waals surface area contributed by atoms with Gasteiger partial charge in [0.25, 0.3) is 0 Å². The molecule has 0 aromatic carbocycles. The van der Waals surface area contributed by atoms with Crippen LogP contribution in [0.25, 0.3) is 0 Å². The first-order chi connectivity index (χ1) is 7.49. The number of thiocarbonyl (C=S) groups is 1. The zero-order valence-electron chi connectivity index (χ0n) is 9.13. The number of nitrogens with zero attached hydrogens (tertiary/aromatic N) is 2. The molecule has 2 fully saturated rings. The summed E-state index contributed by atoms with van der Waals surface area (Å²) in [4.78, 5) is 2.42. The van der Waals surface area contributed by atoms with Gasteiger partial charge in [-0.25, -0.2) is 8.42 Å². The van der Waals surface area contributed by atoms with Crippen LogP contribution in [0.2, 0.25) is 0 Å². The molecule has 7 heteroatoms. The van der Waals surface area contributed by atoms with Crippen molar-refractivity contribution in [2.45, 2.75) is 18.9 Å². The van der Waals surface area contributed by atoms with E-state index in [2.05, 4.69) is 17.1 Å². The van der Waals surface area contributed by atoms with Gasteiger partial charge in [-0.15, -0.1) is 0 Å². The Kier molecular flexibility index (Phi) is 3.48. The Morgan fingerprint density at radius 3 is 2.81 bits per heavy atom. The fourth-order valence-corrected chi connectivity index (χ4v) is 4.23. The summed E-state index contributed by atoms with van der Waals surface area (Å²) >= 11 is 4.67. The van der Waals surface area contributed by atoms with Gasteiger partial charge in [0, 0.05) is 25.7 Å². The van der Waals surface area contributed by atoms with Crippen molar-refractivity contribution in [1.29, 1.82) is 0 Å². The monoisotopic (exact) mass is 263 g/mol. The Balaban J connectivity index is 2.03. The highest BCUT2D eigenvalue weighted by Crippen LogP contribution is 2.22. The van der Waals surface area contributed by atoms with Crippen LogP contribution in [0.5, 0.6) is 0 Å². The highest BCUT2D eigenvalue weighted by molar-refractivity contribution is 7.92. The summed E-state index contributed by atoms with van der Waals surface area (Å²) in [6.07, 6.45) is 2.27. The van der Waals surface area contributed by atoms with Gasteiger partial charge >= 0.3 is 0 Å². The van der Waals surface area contributed by atoms with Gasteiger partial charge in [0.15, 0.2) is 0 Å². The average molecular weight is 263 g/mol. The minimum absolute atomic E-state index is 0.0499. The lowest BCUT2D eigenvalue weighted by atomic mass is 10.2. The Labute approximate surface area is 102 Å². The number of sulfonamides is 1. The smallest absolute Gasteiger partial charge is 0.220 e.